The molecule has 1 unspecified atom stereocenters. The van der Waals surface area contributed by atoms with Crippen molar-refractivity contribution in [1.29, 1.82) is 0 Å². The summed E-state index contributed by atoms with van der Waals surface area (Å²) < 4.78 is 12.3. The summed E-state index contributed by atoms with van der Waals surface area (Å²) in [5.41, 5.74) is 6.16. The van der Waals surface area contributed by atoms with Gasteiger partial charge in [0, 0.05) is 21.5 Å². The quantitative estimate of drug-likeness (QED) is 0.519. The molecule has 0 radical (unpaired) electrons. The number of nitro benzene ring substituents is 1. The van der Waals surface area contributed by atoms with Gasteiger partial charge in [-0.25, -0.2) is 0 Å². The second kappa shape index (κ2) is 6.43. The van der Waals surface area contributed by atoms with E-state index in [-0.39, 0.29) is 16.5 Å². The predicted molar refractivity (Wildman–Crippen MR) is 84.1 cm³/mol. The number of hydrogen-bond donors (Lipinski definition) is 1. The predicted octanol–water partition coefficient (Wildman–Crippen LogP) is 3.79. The Bertz CT molecular complexity index is 737. The fourth-order valence-electron chi connectivity index (χ4n) is 1.70. The Morgan fingerprint density at radius 1 is 1.19 bits per heavy atom. The molecule has 2 N–H and O–H groups in total. The number of nitro groups is 1. The van der Waals surface area contributed by atoms with Crippen molar-refractivity contribution >= 4 is 45.4 Å². The van der Waals surface area contributed by atoms with Crippen molar-refractivity contribution in [3.05, 3.63) is 62.1 Å². The first-order chi connectivity index (χ1) is 9.88. The molecule has 8 heteroatoms. The van der Waals surface area contributed by atoms with E-state index < -0.39 is 15.7 Å². The molecule has 0 amide bonds. The molecule has 5 nitrogen and oxygen atoms in total. The fourth-order valence-corrected chi connectivity index (χ4v) is 3.28. The van der Waals surface area contributed by atoms with E-state index in [4.69, 9.17) is 28.9 Å². The molecule has 110 valence electrons. The van der Waals surface area contributed by atoms with Crippen LogP contribution in [0, 0.1) is 10.1 Å². The number of nitrogens with two attached hydrogens (primary N) is 1. The maximum Gasteiger partial charge on any atom is 0.275 e. The number of anilines is 1. The van der Waals surface area contributed by atoms with Gasteiger partial charge in [-0.3, -0.25) is 14.3 Å². The molecular weight excluding hydrogens is 335 g/mol. The van der Waals surface area contributed by atoms with Crippen LogP contribution in [-0.4, -0.2) is 9.13 Å². The molecule has 0 heterocycles. The summed E-state index contributed by atoms with van der Waals surface area (Å²) in [6.45, 7) is 0. The van der Waals surface area contributed by atoms with Crippen LogP contribution in [0.4, 0.5) is 11.4 Å². The highest BCUT2D eigenvalue weighted by Crippen LogP contribution is 2.27. The lowest BCUT2D eigenvalue weighted by Gasteiger charge is -2.06. The first kappa shape index (κ1) is 15.8. The summed E-state index contributed by atoms with van der Waals surface area (Å²) in [5, 5.41) is 11.6. The van der Waals surface area contributed by atoms with Gasteiger partial charge in [0.25, 0.3) is 5.69 Å². The van der Waals surface area contributed by atoms with Crippen LogP contribution in [0.25, 0.3) is 0 Å². The SMILES string of the molecule is Nc1ccc(S(=O)Cc2ccc(Cl)cc2[N+](=O)[O-])cc1Cl. The van der Waals surface area contributed by atoms with E-state index in [9.17, 15) is 14.3 Å². The third-order valence-electron chi connectivity index (χ3n) is 2.77. The van der Waals surface area contributed by atoms with Crippen molar-refractivity contribution in [2.24, 2.45) is 0 Å². The summed E-state index contributed by atoms with van der Waals surface area (Å²) in [7, 11) is -1.47. The second-order valence-electron chi connectivity index (χ2n) is 4.20. The number of nitrogen functional groups attached to an aromatic ring is 1. The highest BCUT2D eigenvalue weighted by molar-refractivity contribution is 7.84. The van der Waals surface area contributed by atoms with E-state index in [0.717, 1.165) is 0 Å². The zero-order chi connectivity index (χ0) is 15.6. The molecule has 0 aliphatic rings. The van der Waals surface area contributed by atoms with Gasteiger partial charge in [-0.1, -0.05) is 23.2 Å². The van der Waals surface area contributed by atoms with Gasteiger partial charge in [-0.15, -0.1) is 0 Å². The van der Waals surface area contributed by atoms with Crippen LogP contribution >= 0.6 is 23.2 Å². The molecule has 0 bridgehead atoms. The van der Waals surface area contributed by atoms with Crippen LogP contribution in [0.2, 0.25) is 10.0 Å². The number of nitrogens with zero attached hydrogens (tertiary/aromatic N) is 1. The molecule has 0 fully saturated rings. The highest BCUT2D eigenvalue weighted by Gasteiger charge is 2.17. The fraction of sp³-hybridized carbons (Fsp3) is 0.0769. The minimum atomic E-state index is -1.47. The van der Waals surface area contributed by atoms with Gasteiger partial charge in [0.2, 0.25) is 0 Å². The van der Waals surface area contributed by atoms with Crippen LogP contribution in [0.15, 0.2) is 41.3 Å². The lowest BCUT2D eigenvalue weighted by molar-refractivity contribution is -0.385. The lowest BCUT2D eigenvalue weighted by atomic mass is 10.2. The molecule has 0 aliphatic carbocycles. The second-order valence-corrected chi connectivity index (χ2v) is 6.50. The van der Waals surface area contributed by atoms with Crippen molar-refractivity contribution in [2.45, 2.75) is 10.6 Å². The van der Waals surface area contributed by atoms with Gasteiger partial charge in [-0.2, -0.15) is 0 Å². The van der Waals surface area contributed by atoms with Crippen molar-refractivity contribution in [3.63, 3.8) is 0 Å². The third-order valence-corrected chi connectivity index (χ3v) is 4.68. The van der Waals surface area contributed by atoms with Crippen LogP contribution < -0.4 is 5.73 Å². The molecule has 2 rings (SSSR count). The van der Waals surface area contributed by atoms with E-state index in [0.29, 0.717) is 21.2 Å². The van der Waals surface area contributed by atoms with Crippen LogP contribution in [0.5, 0.6) is 0 Å². The van der Waals surface area contributed by atoms with Gasteiger partial charge >= 0.3 is 0 Å². The Hall–Kier alpha value is -1.63. The molecule has 0 saturated carbocycles. The van der Waals surface area contributed by atoms with Crippen molar-refractivity contribution in [2.75, 3.05) is 5.73 Å². The van der Waals surface area contributed by atoms with Crippen LogP contribution in [-0.2, 0) is 16.6 Å². The van der Waals surface area contributed by atoms with Crippen molar-refractivity contribution < 1.29 is 9.13 Å². The lowest BCUT2D eigenvalue weighted by Crippen LogP contribution is -2.01. The molecule has 0 aromatic heterocycles. The summed E-state index contributed by atoms with van der Waals surface area (Å²) in [6, 6.07) is 8.89. The standard InChI is InChI=1S/C13H10Cl2N2O3S/c14-9-2-1-8(13(5-9)17(18)19)7-21(20)10-3-4-12(16)11(15)6-10/h1-6H,7,16H2. The van der Waals surface area contributed by atoms with Crippen LogP contribution in [0.3, 0.4) is 0 Å². The number of hydrogen-bond acceptors (Lipinski definition) is 4. The van der Waals surface area contributed by atoms with Gasteiger partial charge in [0.05, 0.1) is 32.2 Å². The Kier molecular flexibility index (Phi) is 4.82. The Labute approximate surface area is 133 Å². The van der Waals surface area contributed by atoms with E-state index in [1.165, 1.54) is 24.3 Å². The topological polar surface area (TPSA) is 86.2 Å². The molecule has 0 spiro atoms. The molecule has 0 saturated heterocycles. The minimum Gasteiger partial charge on any atom is -0.398 e. The highest BCUT2D eigenvalue weighted by atomic mass is 35.5. The summed E-state index contributed by atoms with van der Waals surface area (Å²) in [6.07, 6.45) is 0. The van der Waals surface area contributed by atoms with Gasteiger partial charge < -0.3 is 5.73 Å². The molecule has 1 atom stereocenters. The number of benzene rings is 2. The smallest absolute Gasteiger partial charge is 0.275 e. The van der Waals surface area contributed by atoms with Gasteiger partial charge in [0.1, 0.15) is 0 Å². The maximum atomic E-state index is 12.3. The molecule has 2 aromatic carbocycles. The zero-order valence-corrected chi connectivity index (χ0v) is 12.9. The minimum absolute atomic E-state index is 0.00622. The van der Waals surface area contributed by atoms with Crippen LogP contribution in [0.1, 0.15) is 5.56 Å². The first-order valence-corrected chi connectivity index (χ1v) is 7.82. The van der Waals surface area contributed by atoms with Crippen molar-refractivity contribution in [1.82, 2.24) is 0 Å². The summed E-state index contributed by atoms with van der Waals surface area (Å²) >= 11 is 11.6. The molecule has 2 aromatic rings. The average molecular weight is 345 g/mol. The molecular formula is C13H10Cl2N2O3S. The largest absolute Gasteiger partial charge is 0.398 e. The van der Waals surface area contributed by atoms with E-state index in [1.807, 2.05) is 0 Å². The first-order valence-electron chi connectivity index (χ1n) is 5.74. The van der Waals surface area contributed by atoms with Gasteiger partial charge in [-0.05, 0) is 30.3 Å². The average Bonchev–Trinajstić information content (AvgIpc) is 2.43. The Morgan fingerprint density at radius 3 is 2.52 bits per heavy atom. The molecule has 21 heavy (non-hydrogen) atoms. The number of rotatable bonds is 4. The third kappa shape index (κ3) is 3.72. The zero-order valence-electron chi connectivity index (χ0n) is 10.6. The van der Waals surface area contributed by atoms with E-state index >= 15 is 0 Å². The summed E-state index contributed by atoms with van der Waals surface area (Å²) in [5.74, 6) is -0.00622. The number of halogens is 2. The van der Waals surface area contributed by atoms with Gasteiger partial charge in [0.15, 0.2) is 0 Å². The Morgan fingerprint density at radius 2 is 1.90 bits per heavy atom. The normalized spacial score (nSPS) is 12.1. The van der Waals surface area contributed by atoms with Crippen molar-refractivity contribution in [3.8, 4) is 0 Å². The summed E-state index contributed by atoms with van der Waals surface area (Å²) in [4.78, 5) is 10.9. The maximum absolute atomic E-state index is 12.3. The van der Waals surface area contributed by atoms with E-state index in [2.05, 4.69) is 0 Å². The molecule has 0 aliphatic heterocycles. The van der Waals surface area contributed by atoms with E-state index in [1.54, 1.807) is 12.1 Å². The Balaban J connectivity index is 2.31. The monoisotopic (exact) mass is 344 g/mol.